The molecule has 4 N–H and O–H groups in total. The number of ether oxygens (including phenoxy) is 1. The molecule has 0 saturated carbocycles. The van der Waals surface area contributed by atoms with Gasteiger partial charge >= 0.3 is 135 Å². The van der Waals surface area contributed by atoms with Crippen molar-refractivity contribution in [2.75, 3.05) is 5.73 Å². The maximum Gasteiger partial charge on any atom is 0.0476 e. The maximum atomic E-state index is 12.6. The van der Waals surface area contributed by atoms with E-state index in [2.05, 4.69) is 20.7 Å². The number of amides is 1. The van der Waals surface area contributed by atoms with Crippen LogP contribution < -0.4 is 15.6 Å². The summed E-state index contributed by atoms with van der Waals surface area (Å²) in [5.41, 5.74) is 8.94. The Hall–Kier alpha value is -2.29. The Kier molecular flexibility index (Phi) is 10.5. The summed E-state index contributed by atoms with van der Waals surface area (Å²) >= 11 is 0.450. The van der Waals surface area contributed by atoms with Gasteiger partial charge in [0.2, 0.25) is 0 Å². The zero-order chi connectivity index (χ0) is 24.5. The Morgan fingerprint density at radius 2 is 1.78 bits per heavy atom. The molecular weight excluding hydrogens is 503 g/mol. The van der Waals surface area contributed by atoms with E-state index in [1.54, 1.807) is 20.8 Å². The van der Waals surface area contributed by atoms with Gasteiger partial charge in [-0.2, -0.15) is 0 Å². The molecular formula is C21H28AsClN2O7. The number of carbonyl (C=O) groups excluding carboxylic acids is 2. The third kappa shape index (κ3) is 8.33. The predicted molar refractivity (Wildman–Crippen MR) is 121 cm³/mol. The summed E-state index contributed by atoms with van der Waals surface area (Å²) in [6.45, 7) is 8.10. The van der Waals surface area contributed by atoms with Crippen molar-refractivity contribution in [2.24, 2.45) is 0 Å². The zero-order valence-electron chi connectivity index (χ0n) is 18.5. The van der Waals surface area contributed by atoms with Crippen LogP contribution in [0, 0.1) is 6.92 Å². The molecule has 2 aromatic carbocycles. The average molecular weight is 531 g/mol. The topological polar surface area (TPSA) is 137 Å². The van der Waals surface area contributed by atoms with Gasteiger partial charge in [0.25, 0.3) is 0 Å². The molecule has 2 rings (SSSR count). The molecule has 32 heavy (non-hydrogen) atoms. The molecule has 0 aromatic heterocycles. The summed E-state index contributed by atoms with van der Waals surface area (Å²) in [7, 11) is 0. The number of hydroxylamine groups is 1. The van der Waals surface area contributed by atoms with Crippen molar-refractivity contribution in [3.8, 4) is 0 Å². The SMILES string of the molecule is CC(=O)NO[As](=O)(OO)c1cccc(N)c1C(=O)OC(C)(C)C.Cc1ccccc1CCl. The Morgan fingerprint density at radius 1 is 1.16 bits per heavy atom. The van der Waals surface area contributed by atoms with E-state index in [-0.39, 0.29) is 15.6 Å². The van der Waals surface area contributed by atoms with Crippen molar-refractivity contribution in [3.63, 3.8) is 0 Å². The van der Waals surface area contributed by atoms with E-state index in [1.165, 1.54) is 29.3 Å². The third-order valence-electron chi connectivity index (χ3n) is 3.80. The van der Waals surface area contributed by atoms with Gasteiger partial charge in [0.05, 0.1) is 0 Å². The minimum Gasteiger partial charge on any atom is -0.122 e. The zero-order valence-corrected chi connectivity index (χ0v) is 21.2. The Bertz CT molecular complexity index is 992. The normalized spacial score (nSPS) is 12.7. The van der Waals surface area contributed by atoms with Crippen LogP contribution in [0.25, 0.3) is 0 Å². The number of benzene rings is 2. The molecule has 9 nitrogen and oxygen atoms in total. The van der Waals surface area contributed by atoms with Gasteiger partial charge in [0.15, 0.2) is 0 Å². The molecule has 176 valence electrons. The quantitative estimate of drug-likeness (QED) is 0.129. The monoisotopic (exact) mass is 530 g/mol. The third-order valence-corrected chi connectivity index (χ3v) is 7.25. The molecule has 1 unspecified atom stereocenters. The van der Waals surface area contributed by atoms with Crippen LogP contribution in [-0.4, -0.2) is 36.9 Å². The van der Waals surface area contributed by atoms with E-state index >= 15 is 0 Å². The van der Waals surface area contributed by atoms with E-state index in [4.69, 9.17) is 27.3 Å². The van der Waals surface area contributed by atoms with Gasteiger partial charge in [-0.3, -0.25) is 0 Å². The second-order valence-electron chi connectivity index (χ2n) is 7.63. The van der Waals surface area contributed by atoms with Crippen LogP contribution in [0.1, 0.15) is 49.2 Å². The predicted octanol–water partition coefficient (Wildman–Crippen LogP) is 3.09. The first-order chi connectivity index (χ1) is 14.8. The van der Waals surface area contributed by atoms with Crippen molar-refractivity contribution < 1.29 is 31.0 Å². The van der Waals surface area contributed by atoms with Crippen LogP contribution in [0.5, 0.6) is 0 Å². The van der Waals surface area contributed by atoms with E-state index < -0.39 is 31.7 Å². The molecule has 0 radical (unpaired) electrons. The van der Waals surface area contributed by atoms with Gasteiger partial charge in [-0.25, -0.2) is 0 Å². The fourth-order valence-corrected chi connectivity index (χ4v) is 5.21. The number of anilines is 1. The minimum atomic E-state index is -5.18. The molecule has 1 atom stereocenters. The van der Waals surface area contributed by atoms with E-state index in [1.807, 2.05) is 23.7 Å². The van der Waals surface area contributed by atoms with E-state index in [0.717, 1.165) is 6.92 Å². The van der Waals surface area contributed by atoms with Gasteiger partial charge in [-0.05, 0) is 18.1 Å². The summed E-state index contributed by atoms with van der Waals surface area (Å²) in [4.78, 5) is 23.2. The van der Waals surface area contributed by atoms with Gasteiger partial charge in [0, 0.05) is 5.88 Å². The molecule has 0 bridgehead atoms. The number of halogens is 1. The summed E-state index contributed by atoms with van der Waals surface area (Å²) in [5.74, 6) is -0.922. The number of carbonyl (C=O) groups is 2. The van der Waals surface area contributed by atoms with Crippen molar-refractivity contribution >= 4 is 47.7 Å². The van der Waals surface area contributed by atoms with Gasteiger partial charge in [-0.15, -0.1) is 11.6 Å². The van der Waals surface area contributed by atoms with Crippen LogP contribution in [0.2, 0.25) is 0 Å². The summed E-state index contributed by atoms with van der Waals surface area (Å²) < 4.78 is 26.2. The van der Waals surface area contributed by atoms with Crippen molar-refractivity contribution in [3.05, 3.63) is 59.2 Å². The number of alkyl halides is 1. The standard InChI is InChI=1S/C13H19AsN2O7.C8H9Cl/c1-8(17)16-22-14(19,23-20)9-6-5-7-10(15)11(9)12(18)21-13(2,3)4;1-7-4-2-3-5-8(7)6-9/h5-7,20H,15H2,1-4H3,(H,16,17);2-5H,6H2,1H3. The fraction of sp³-hybridized carbons (Fsp3) is 0.333. The first kappa shape index (κ1) is 27.7. The largest absolute Gasteiger partial charge is 0.122 e. The van der Waals surface area contributed by atoms with Crippen LogP contribution in [-0.2, 0) is 26.9 Å². The second-order valence-corrected chi connectivity index (χ2v) is 11.7. The van der Waals surface area contributed by atoms with Gasteiger partial charge < -0.3 is 0 Å². The molecule has 0 spiro atoms. The van der Waals surface area contributed by atoms with Crippen molar-refractivity contribution in [1.82, 2.24) is 5.48 Å². The number of nitrogen functional groups attached to an aromatic ring is 1. The minimum absolute atomic E-state index is 0.0399. The fourth-order valence-electron chi connectivity index (χ4n) is 2.33. The van der Waals surface area contributed by atoms with Crippen molar-refractivity contribution in [2.45, 2.75) is 46.1 Å². The van der Waals surface area contributed by atoms with Crippen molar-refractivity contribution in [1.29, 1.82) is 0 Å². The van der Waals surface area contributed by atoms with Crippen LogP contribution >= 0.6 is 11.6 Å². The molecule has 0 saturated heterocycles. The van der Waals surface area contributed by atoms with E-state index in [0.29, 0.717) is 5.88 Å². The number of hydrogen-bond donors (Lipinski definition) is 3. The molecule has 11 heteroatoms. The number of esters is 1. The Morgan fingerprint density at radius 3 is 2.25 bits per heavy atom. The van der Waals surface area contributed by atoms with Crippen LogP contribution in [0.15, 0.2) is 42.5 Å². The summed E-state index contributed by atoms with van der Waals surface area (Å²) in [6, 6.07) is 12.1. The summed E-state index contributed by atoms with van der Waals surface area (Å²) in [5, 5.41) is 8.98. The van der Waals surface area contributed by atoms with Crippen LogP contribution in [0.4, 0.5) is 5.69 Å². The second kappa shape index (κ2) is 12.1. The van der Waals surface area contributed by atoms with Crippen LogP contribution in [0.3, 0.4) is 0 Å². The van der Waals surface area contributed by atoms with Gasteiger partial charge in [-0.1, -0.05) is 24.3 Å². The molecule has 2 aromatic rings. The molecule has 0 aliphatic rings. The molecule has 1 amide bonds. The first-order valence-electron chi connectivity index (χ1n) is 9.46. The number of nitrogens with two attached hydrogens (primary N) is 1. The number of aryl methyl sites for hydroxylation is 1. The number of nitrogens with one attached hydrogen (secondary N) is 1. The van der Waals surface area contributed by atoms with E-state index in [9.17, 15) is 13.3 Å². The average Bonchev–Trinajstić information content (AvgIpc) is 2.71. The Balaban J connectivity index is 0.000000471. The number of rotatable bonds is 6. The Labute approximate surface area is 195 Å². The molecule has 0 fully saturated rings. The molecule has 0 aliphatic carbocycles. The smallest absolute Gasteiger partial charge is 0.0476 e. The molecule has 0 heterocycles. The first-order valence-corrected chi connectivity index (χ1v) is 13.2. The van der Waals surface area contributed by atoms with Gasteiger partial charge in [0.1, 0.15) is 0 Å². The molecule has 0 aliphatic heterocycles. The maximum absolute atomic E-state index is 12.6. The summed E-state index contributed by atoms with van der Waals surface area (Å²) in [6.07, 6.45) is 0. The number of hydrogen-bond acceptors (Lipinski definition) is 8.